The summed E-state index contributed by atoms with van der Waals surface area (Å²) in [6, 6.07) is 18.3. The minimum absolute atomic E-state index is 0.0474. The monoisotopic (exact) mass is 459 g/mol. The smallest absolute Gasteiger partial charge is 0.263 e. The third-order valence-corrected chi connectivity index (χ3v) is 5.72. The van der Waals surface area contributed by atoms with Gasteiger partial charge in [-0.1, -0.05) is 48.0 Å². The van der Waals surface area contributed by atoms with Gasteiger partial charge in [0.15, 0.2) is 5.11 Å². The van der Waals surface area contributed by atoms with Gasteiger partial charge in [0.25, 0.3) is 17.7 Å². The van der Waals surface area contributed by atoms with E-state index >= 15 is 0 Å². The van der Waals surface area contributed by atoms with Crippen molar-refractivity contribution in [3.05, 3.63) is 88.6 Å². The molecule has 2 heterocycles. The molecular weight excluding hydrogens is 446 g/mol. The largest absolute Gasteiger partial charge is 0.299 e. The fourth-order valence-corrected chi connectivity index (χ4v) is 4.17. The Bertz CT molecular complexity index is 1490. The zero-order chi connectivity index (χ0) is 22.4. The lowest BCUT2D eigenvalue weighted by Gasteiger charge is -2.16. The number of fused-ring (bicyclic) bond motifs is 2. The zero-order valence-corrected chi connectivity index (χ0v) is 18.0. The standard InChI is InChI=1S/C24H14ClN3O3S/c25-15-8-9-20-18(11-15)14(10-19-21(29)26-24(32)27-22(19)30)12-28(20)23(31)17-7-3-5-13-4-1-2-6-16(13)17/h1-12H,(H2,26,27,29,30,32). The highest BCUT2D eigenvalue weighted by molar-refractivity contribution is 7.80. The van der Waals surface area contributed by atoms with E-state index < -0.39 is 11.8 Å². The highest BCUT2D eigenvalue weighted by Gasteiger charge is 2.26. The molecule has 4 aromatic rings. The SMILES string of the molecule is O=C1NC(=S)NC(=O)C1=Cc1cn(C(=O)c2cccc3ccccc23)c2ccc(Cl)cc12. The Balaban J connectivity index is 1.69. The molecule has 0 radical (unpaired) electrons. The van der Waals surface area contributed by atoms with Crippen molar-refractivity contribution in [2.24, 2.45) is 0 Å². The van der Waals surface area contributed by atoms with E-state index in [1.165, 1.54) is 10.6 Å². The second-order valence-corrected chi connectivity index (χ2v) is 8.09. The normalized spacial score (nSPS) is 13.9. The number of hydrogen-bond donors (Lipinski definition) is 2. The van der Waals surface area contributed by atoms with Gasteiger partial charge in [-0.3, -0.25) is 29.6 Å². The topological polar surface area (TPSA) is 80.2 Å². The van der Waals surface area contributed by atoms with E-state index in [1.54, 1.807) is 30.5 Å². The third-order valence-electron chi connectivity index (χ3n) is 5.28. The molecule has 8 heteroatoms. The molecule has 2 amide bonds. The van der Waals surface area contributed by atoms with E-state index in [0.29, 0.717) is 27.1 Å². The first-order valence-electron chi connectivity index (χ1n) is 9.64. The van der Waals surface area contributed by atoms with E-state index in [1.807, 2.05) is 36.4 Å². The first-order chi connectivity index (χ1) is 15.4. The first-order valence-corrected chi connectivity index (χ1v) is 10.4. The van der Waals surface area contributed by atoms with Gasteiger partial charge >= 0.3 is 0 Å². The Morgan fingerprint density at radius 1 is 0.938 bits per heavy atom. The summed E-state index contributed by atoms with van der Waals surface area (Å²) in [6.07, 6.45) is 3.03. The Hall–Kier alpha value is -3.81. The van der Waals surface area contributed by atoms with Gasteiger partial charge in [0, 0.05) is 27.7 Å². The molecule has 0 aliphatic carbocycles. The van der Waals surface area contributed by atoms with Crippen molar-refractivity contribution in [3.63, 3.8) is 0 Å². The average Bonchev–Trinajstić information content (AvgIpc) is 3.12. The van der Waals surface area contributed by atoms with E-state index in [9.17, 15) is 14.4 Å². The number of benzene rings is 3. The number of aromatic nitrogens is 1. The highest BCUT2D eigenvalue weighted by Crippen LogP contribution is 2.29. The molecule has 1 fully saturated rings. The van der Waals surface area contributed by atoms with Gasteiger partial charge in [0.05, 0.1) is 5.52 Å². The summed E-state index contributed by atoms with van der Waals surface area (Å²) in [7, 11) is 0. The van der Waals surface area contributed by atoms with Crippen molar-refractivity contribution >= 4 is 74.4 Å². The fourth-order valence-electron chi connectivity index (χ4n) is 3.81. The molecule has 0 spiro atoms. The molecule has 1 aliphatic heterocycles. The van der Waals surface area contributed by atoms with Gasteiger partial charge < -0.3 is 0 Å². The molecule has 5 rings (SSSR count). The molecule has 1 saturated heterocycles. The summed E-state index contributed by atoms with van der Waals surface area (Å²) < 4.78 is 1.50. The van der Waals surface area contributed by atoms with Gasteiger partial charge in [-0.15, -0.1) is 0 Å². The van der Waals surface area contributed by atoms with Crippen LogP contribution in [0.15, 0.2) is 72.4 Å². The van der Waals surface area contributed by atoms with Crippen LogP contribution in [0, 0.1) is 0 Å². The minimum Gasteiger partial charge on any atom is -0.299 e. The number of carbonyl (C=O) groups excluding carboxylic acids is 3. The van der Waals surface area contributed by atoms with Crippen LogP contribution in [0.2, 0.25) is 5.02 Å². The van der Waals surface area contributed by atoms with E-state index in [-0.39, 0.29) is 16.6 Å². The summed E-state index contributed by atoms with van der Waals surface area (Å²) in [5.41, 5.74) is 1.53. The minimum atomic E-state index is -0.609. The van der Waals surface area contributed by atoms with Crippen LogP contribution in [-0.4, -0.2) is 27.4 Å². The number of rotatable bonds is 2. The Kier molecular flexibility index (Phi) is 4.84. The second kappa shape index (κ2) is 7.71. The summed E-state index contributed by atoms with van der Waals surface area (Å²) >= 11 is 11.0. The van der Waals surface area contributed by atoms with Gasteiger partial charge in [0.1, 0.15) is 5.57 Å². The van der Waals surface area contributed by atoms with E-state index in [0.717, 1.165) is 10.8 Å². The third kappa shape index (κ3) is 3.37. The lowest BCUT2D eigenvalue weighted by atomic mass is 10.0. The summed E-state index contributed by atoms with van der Waals surface area (Å²) in [4.78, 5) is 38.2. The maximum absolute atomic E-state index is 13.6. The molecule has 1 aliphatic rings. The van der Waals surface area contributed by atoms with E-state index in [4.69, 9.17) is 23.8 Å². The maximum atomic E-state index is 13.6. The number of halogens is 1. The number of nitrogens with one attached hydrogen (secondary N) is 2. The van der Waals surface area contributed by atoms with Crippen molar-refractivity contribution in [3.8, 4) is 0 Å². The van der Waals surface area contributed by atoms with Crippen molar-refractivity contribution in [2.75, 3.05) is 0 Å². The van der Waals surface area contributed by atoms with Gasteiger partial charge in [-0.2, -0.15) is 0 Å². The first kappa shape index (κ1) is 20.1. The van der Waals surface area contributed by atoms with Crippen LogP contribution in [0.25, 0.3) is 27.8 Å². The lowest BCUT2D eigenvalue weighted by Crippen LogP contribution is -2.51. The Morgan fingerprint density at radius 3 is 2.44 bits per heavy atom. The number of amides is 2. The fraction of sp³-hybridized carbons (Fsp3) is 0. The Morgan fingerprint density at radius 2 is 1.66 bits per heavy atom. The summed E-state index contributed by atoms with van der Waals surface area (Å²) in [6.45, 7) is 0. The molecule has 156 valence electrons. The molecule has 3 aromatic carbocycles. The zero-order valence-electron chi connectivity index (χ0n) is 16.4. The van der Waals surface area contributed by atoms with Gasteiger partial charge in [-0.05, 0) is 53.3 Å². The molecular formula is C24H14ClN3O3S. The van der Waals surface area contributed by atoms with Crippen LogP contribution in [0.4, 0.5) is 0 Å². The van der Waals surface area contributed by atoms with Crippen molar-refractivity contribution in [1.29, 1.82) is 0 Å². The molecule has 0 saturated carbocycles. The second-order valence-electron chi connectivity index (χ2n) is 7.24. The highest BCUT2D eigenvalue weighted by atomic mass is 35.5. The predicted molar refractivity (Wildman–Crippen MR) is 127 cm³/mol. The van der Waals surface area contributed by atoms with Crippen molar-refractivity contribution in [2.45, 2.75) is 0 Å². The van der Waals surface area contributed by atoms with E-state index in [2.05, 4.69) is 10.6 Å². The molecule has 0 unspecified atom stereocenters. The molecule has 6 nitrogen and oxygen atoms in total. The van der Waals surface area contributed by atoms with Gasteiger partial charge in [0.2, 0.25) is 0 Å². The van der Waals surface area contributed by atoms with Crippen LogP contribution in [-0.2, 0) is 9.59 Å². The number of nitrogens with zero attached hydrogens (tertiary/aromatic N) is 1. The van der Waals surface area contributed by atoms with Crippen LogP contribution < -0.4 is 10.6 Å². The van der Waals surface area contributed by atoms with Crippen LogP contribution in [0.5, 0.6) is 0 Å². The van der Waals surface area contributed by atoms with Crippen molar-refractivity contribution in [1.82, 2.24) is 15.2 Å². The lowest BCUT2D eigenvalue weighted by molar-refractivity contribution is -0.123. The number of thiocarbonyl (C=S) groups is 1. The van der Waals surface area contributed by atoms with Gasteiger partial charge in [-0.25, -0.2) is 0 Å². The predicted octanol–water partition coefficient (Wildman–Crippen LogP) is 4.05. The summed E-state index contributed by atoms with van der Waals surface area (Å²) in [5, 5.41) is 7.64. The number of hydrogen-bond acceptors (Lipinski definition) is 4. The maximum Gasteiger partial charge on any atom is 0.263 e. The average molecular weight is 460 g/mol. The summed E-state index contributed by atoms with van der Waals surface area (Å²) in [5.74, 6) is -1.46. The van der Waals surface area contributed by atoms with Crippen LogP contribution in [0.1, 0.15) is 15.9 Å². The van der Waals surface area contributed by atoms with Crippen molar-refractivity contribution < 1.29 is 14.4 Å². The molecule has 0 atom stereocenters. The number of carbonyl (C=O) groups is 3. The van der Waals surface area contributed by atoms with Crippen LogP contribution in [0.3, 0.4) is 0 Å². The molecule has 32 heavy (non-hydrogen) atoms. The molecule has 2 N–H and O–H groups in total. The Labute approximate surface area is 192 Å². The quantitative estimate of drug-likeness (QED) is 0.269. The molecule has 1 aromatic heterocycles. The van der Waals surface area contributed by atoms with Crippen LogP contribution >= 0.6 is 23.8 Å². The molecule has 0 bridgehead atoms.